The fourth-order valence-corrected chi connectivity index (χ4v) is 2.78. The normalized spacial score (nSPS) is 13.7. The molecule has 9 heteroatoms. The van der Waals surface area contributed by atoms with Crippen LogP contribution in [0.5, 0.6) is 5.75 Å². The van der Waals surface area contributed by atoms with Crippen LogP contribution in [0.1, 0.15) is 16.1 Å². The number of nitrogens with zero attached hydrogens (tertiary/aromatic N) is 6. The predicted octanol–water partition coefficient (Wildman–Crippen LogP) is 1.49. The van der Waals surface area contributed by atoms with Gasteiger partial charge in [0.25, 0.3) is 5.91 Å². The van der Waals surface area contributed by atoms with Gasteiger partial charge in [0.2, 0.25) is 0 Å². The fourth-order valence-electron chi connectivity index (χ4n) is 2.78. The highest BCUT2D eigenvalue weighted by atomic mass is 16.5. The molecule has 0 aromatic carbocycles. The topological polar surface area (TPSA) is 106 Å². The van der Waals surface area contributed by atoms with Crippen molar-refractivity contribution < 1.29 is 9.53 Å². The van der Waals surface area contributed by atoms with Crippen LogP contribution in [-0.2, 0) is 0 Å². The summed E-state index contributed by atoms with van der Waals surface area (Å²) in [7, 11) is 0. The maximum atomic E-state index is 12.6. The van der Waals surface area contributed by atoms with Crippen LogP contribution in [0.2, 0.25) is 0 Å². The summed E-state index contributed by atoms with van der Waals surface area (Å²) in [6, 6.07) is 3.61. The number of carbonyl (C=O) groups is 1. The van der Waals surface area contributed by atoms with Crippen molar-refractivity contribution in [3.05, 3.63) is 60.7 Å². The Hall–Kier alpha value is -3.62. The molecule has 1 saturated heterocycles. The largest absolute Gasteiger partial charge is 0.485 e. The molecule has 3 aromatic heterocycles. The lowest BCUT2D eigenvalue weighted by atomic mass is 10.1. The van der Waals surface area contributed by atoms with Gasteiger partial charge in [-0.2, -0.15) is 10.2 Å². The number of hydrogen-bond acceptors (Lipinski definition) is 8. The second kappa shape index (κ2) is 7.32. The summed E-state index contributed by atoms with van der Waals surface area (Å²) in [6.07, 6.45) is 9.48. The zero-order valence-corrected chi connectivity index (χ0v) is 14.6. The second-order valence-corrected chi connectivity index (χ2v) is 6.18. The van der Waals surface area contributed by atoms with Gasteiger partial charge in [0.1, 0.15) is 18.2 Å². The number of rotatable bonds is 5. The summed E-state index contributed by atoms with van der Waals surface area (Å²) < 4.78 is 5.92. The van der Waals surface area contributed by atoms with Gasteiger partial charge >= 0.3 is 0 Å². The summed E-state index contributed by atoms with van der Waals surface area (Å²) in [5, 5.41) is 10.2. The monoisotopic (exact) mass is 363 g/mol. The average Bonchev–Trinajstić information content (AvgIpc) is 2.65. The minimum Gasteiger partial charge on any atom is -0.485 e. The number of ether oxygens (including phenoxy) is 1. The molecule has 0 radical (unpaired) electrons. The Morgan fingerprint density at radius 2 is 2.07 bits per heavy atom. The van der Waals surface area contributed by atoms with Gasteiger partial charge in [-0.1, -0.05) is 0 Å². The third-order valence-electron chi connectivity index (χ3n) is 4.09. The number of carbonyl (C=O) groups excluding carboxylic acids is 1. The summed E-state index contributed by atoms with van der Waals surface area (Å²) in [5.41, 5.74) is 2.57. The highest BCUT2D eigenvalue weighted by Crippen LogP contribution is 2.26. The van der Waals surface area contributed by atoms with Gasteiger partial charge in [-0.25, -0.2) is 9.97 Å². The smallest absolute Gasteiger partial charge is 0.276 e. The first-order valence-electron chi connectivity index (χ1n) is 8.40. The average molecular weight is 363 g/mol. The van der Waals surface area contributed by atoms with E-state index in [-0.39, 0.29) is 12.0 Å². The van der Waals surface area contributed by atoms with Crippen LogP contribution < -0.4 is 15.0 Å². The van der Waals surface area contributed by atoms with Crippen molar-refractivity contribution in [1.82, 2.24) is 25.1 Å². The number of hydrogen-bond donors (Lipinski definition) is 1. The van der Waals surface area contributed by atoms with Crippen molar-refractivity contribution in [1.29, 1.82) is 0 Å². The van der Waals surface area contributed by atoms with Gasteiger partial charge in [-0.15, -0.1) is 0 Å². The van der Waals surface area contributed by atoms with Crippen molar-refractivity contribution in [2.75, 3.05) is 23.3 Å². The number of amides is 1. The van der Waals surface area contributed by atoms with E-state index in [2.05, 4.69) is 30.5 Å². The quantitative estimate of drug-likeness (QED) is 0.727. The van der Waals surface area contributed by atoms with E-state index in [4.69, 9.17) is 4.74 Å². The van der Waals surface area contributed by atoms with Crippen LogP contribution in [0.25, 0.3) is 0 Å². The highest BCUT2D eigenvalue weighted by molar-refractivity contribution is 6.06. The Balaban J connectivity index is 1.42. The van der Waals surface area contributed by atoms with E-state index < -0.39 is 0 Å². The summed E-state index contributed by atoms with van der Waals surface area (Å²) >= 11 is 0. The van der Waals surface area contributed by atoms with E-state index >= 15 is 0 Å². The molecule has 9 nitrogen and oxygen atoms in total. The van der Waals surface area contributed by atoms with Gasteiger partial charge in [0, 0.05) is 6.20 Å². The molecule has 0 spiro atoms. The first kappa shape index (κ1) is 16.8. The lowest BCUT2D eigenvalue weighted by molar-refractivity contribution is 0.102. The number of aryl methyl sites for hydroxylation is 1. The minimum atomic E-state index is -0.326. The first-order valence-corrected chi connectivity index (χ1v) is 8.40. The molecule has 4 heterocycles. The van der Waals surface area contributed by atoms with Crippen LogP contribution in [0.15, 0.2) is 49.4 Å². The molecule has 4 rings (SSSR count). The molecule has 3 aromatic rings. The molecule has 1 fully saturated rings. The Kier molecular flexibility index (Phi) is 4.56. The molecule has 1 aliphatic rings. The summed E-state index contributed by atoms with van der Waals surface area (Å²) in [6.45, 7) is 3.24. The van der Waals surface area contributed by atoms with Crippen LogP contribution >= 0.6 is 0 Å². The molecule has 0 bridgehead atoms. The lowest BCUT2D eigenvalue weighted by Gasteiger charge is -2.40. The van der Waals surface area contributed by atoms with Crippen LogP contribution in [0.4, 0.5) is 11.4 Å². The highest BCUT2D eigenvalue weighted by Gasteiger charge is 2.32. The van der Waals surface area contributed by atoms with Crippen molar-refractivity contribution >= 4 is 17.3 Å². The molecule has 27 heavy (non-hydrogen) atoms. The number of pyridine rings is 1. The summed E-state index contributed by atoms with van der Waals surface area (Å²) in [5.74, 6) is 0.416. The van der Waals surface area contributed by atoms with Crippen molar-refractivity contribution in [3.8, 4) is 5.75 Å². The van der Waals surface area contributed by atoms with Crippen molar-refractivity contribution in [2.45, 2.75) is 13.0 Å². The summed E-state index contributed by atoms with van der Waals surface area (Å²) in [4.78, 5) is 26.9. The molecule has 1 N–H and O–H groups in total. The van der Waals surface area contributed by atoms with Gasteiger partial charge in [0.05, 0.1) is 49.3 Å². The zero-order valence-electron chi connectivity index (χ0n) is 14.6. The number of nitrogens with one attached hydrogen (secondary N) is 1. The van der Waals surface area contributed by atoms with E-state index in [1.165, 1.54) is 18.7 Å². The fraction of sp³-hybridized carbons (Fsp3) is 0.222. The Morgan fingerprint density at radius 3 is 2.85 bits per heavy atom. The molecular formula is C18H17N7O2. The molecule has 0 unspecified atom stereocenters. The molecule has 136 valence electrons. The molecule has 0 saturated carbocycles. The molecule has 0 aliphatic carbocycles. The third kappa shape index (κ3) is 3.81. The Labute approximate surface area is 155 Å². The first-order chi connectivity index (χ1) is 13.2. The zero-order chi connectivity index (χ0) is 18.6. The van der Waals surface area contributed by atoms with E-state index in [0.29, 0.717) is 30.2 Å². The van der Waals surface area contributed by atoms with E-state index in [9.17, 15) is 4.79 Å². The van der Waals surface area contributed by atoms with Gasteiger partial charge in [0.15, 0.2) is 5.69 Å². The third-order valence-corrected chi connectivity index (χ3v) is 4.09. The molecule has 1 amide bonds. The van der Waals surface area contributed by atoms with Crippen molar-refractivity contribution in [2.24, 2.45) is 0 Å². The SMILES string of the molecule is Cc1cncc(OC2CN(c3cncnc3C(=O)Nc3ccnnc3)C2)c1. The predicted molar refractivity (Wildman–Crippen MR) is 97.6 cm³/mol. The van der Waals surface area contributed by atoms with Crippen LogP contribution in [0, 0.1) is 6.92 Å². The number of aromatic nitrogens is 5. The maximum absolute atomic E-state index is 12.6. The van der Waals surface area contributed by atoms with E-state index in [1.54, 1.807) is 24.7 Å². The molecule has 1 aliphatic heterocycles. The van der Waals surface area contributed by atoms with Crippen LogP contribution in [-0.4, -0.2) is 50.2 Å². The number of anilines is 2. The Bertz CT molecular complexity index is 945. The minimum absolute atomic E-state index is 0.0223. The van der Waals surface area contributed by atoms with E-state index in [0.717, 1.165) is 11.3 Å². The van der Waals surface area contributed by atoms with E-state index in [1.807, 2.05) is 17.9 Å². The van der Waals surface area contributed by atoms with Gasteiger partial charge in [-0.05, 0) is 24.6 Å². The van der Waals surface area contributed by atoms with Crippen LogP contribution in [0.3, 0.4) is 0 Å². The standard InChI is InChI=1S/C18H17N7O2/c1-12-4-14(7-19-5-12)27-15-9-25(10-15)16-8-20-11-21-17(16)18(26)24-13-2-3-22-23-6-13/h2-8,11,15H,9-10H2,1H3,(H,22,24,26). The molecule has 0 atom stereocenters. The lowest BCUT2D eigenvalue weighted by Crippen LogP contribution is -2.54. The molecular weight excluding hydrogens is 346 g/mol. The Morgan fingerprint density at radius 1 is 1.19 bits per heavy atom. The maximum Gasteiger partial charge on any atom is 0.276 e. The second-order valence-electron chi connectivity index (χ2n) is 6.18. The van der Waals surface area contributed by atoms with Gasteiger partial charge in [-0.3, -0.25) is 9.78 Å². The van der Waals surface area contributed by atoms with Gasteiger partial charge < -0.3 is 15.0 Å². The van der Waals surface area contributed by atoms with Crippen molar-refractivity contribution in [3.63, 3.8) is 0 Å².